The van der Waals surface area contributed by atoms with E-state index in [0.717, 1.165) is 85.6 Å². The van der Waals surface area contributed by atoms with Gasteiger partial charge in [-0.15, -0.1) is 0 Å². The molecule has 1 spiro atoms. The molecule has 4 aromatic carbocycles. The van der Waals surface area contributed by atoms with E-state index in [1.54, 1.807) is 0 Å². The van der Waals surface area contributed by atoms with Gasteiger partial charge in [-0.05, 0) is 96.7 Å². The second-order valence-electron chi connectivity index (χ2n) is 16.4. The smallest absolute Gasteiger partial charge is 0.324 e. The van der Waals surface area contributed by atoms with Crippen LogP contribution in [-0.2, 0) is 24.5 Å². The topological polar surface area (TPSA) is 108 Å². The fraction of sp³-hybridized carbons (Fsp3) is 0.380. The summed E-state index contributed by atoms with van der Waals surface area (Å²) in [5.41, 5.74) is 4.04. The van der Waals surface area contributed by atoms with E-state index in [-0.39, 0.29) is 25.0 Å². The van der Waals surface area contributed by atoms with Crippen LogP contribution < -0.4 is 10.1 Å². The number of hydrogen-bond donors (Lipinski definition) is 2. The van der Waals surface area contributed by atoms with Gasteiger partial charge in [0.25, 0.3) is 0 Å². The molecule has 4 heterocycles. The molecule has 9 heteroatoms. The molecule has 0 bridgehead atoms. The van der Waals surface area contributed by atoms with E-state index in [1.807, 2.05) is 108 Å². The number of allylic oxidation sites excluding steroid dienone is 2. The largest absolute Gasteiger partial charge is 0.491 e. The lowest BCUT2D eigenvalue weighted by molar-refractivity contribution is -0.179. The second kappa shape index (κ2) is 16.9. The van der Waals surface area contributed by atoms with Crippen molar-refractivity contribution in [2.75, 3.05) is 31.6 Å². The number of morpholine rings is 1. The van der Waals surface area contributed by atoms with Crippen LogP contribution >= 0.6 is 0 Å². The number of likely N-dealkylation sites (tertiary alicyclic amines) is 1. The standard InChI is InChI=1S/C50H51N3O6/c54-31-32-58-39-26-24-38(25-27-39)46-50(40-33-35(23-28-41(40)51-49(50)57)22-21-34-15-7-4-8-16-34)42(47(55)52-29-13-2-1-3-14-30-52)44-48(56)59-45(37-19-11-6-12-20-37)43(53(44)46)36-17-9-5-10-18-36/h5-6,9-12,15,17-20,23-28,33,42-46,54H,1-4,7-8,13-14,16,29-32H2,(H,51,57)/t42-,43-,44-,45+,46+,50-/m0/s1. The lowest BCUT2D eigenvalue weighted by Gasteiger charge is -2.46. The Morgan fingerprint density at radius 1 is 0.797 bits per heavy atom. The second-order valence-corrected chi connectivity index (χ2v) is 16.4. The maximum atomic E-state index is 15.8. The number of nitrogens with zero attached hydrogens (tertiary/aromatic N) is 2. The van der Waals surface area contributed by atoms with E-state index in [2.05, 4.69) is 28.1 Å². The van der Waals surface area contributed by atoms with E-state index in [9.17, 15) is 5.11 Å². The van der Waals surface area contributed by atoms with Crippen LogP contribution in [0.15, 0.2) is 115 Å². The lowest BCUT2D eigenvalue weighted by Crippen LogP contribution is -2.55. The Morgan fingerprint density at radius 3 is 2.20 bits per heavy atom. The molecule has 0 unspecified atom stereocenters. The number of cyclic esters (lactones) is 1. The molecule has 302 valence electrons. The molecule has 9 rings (SSSR count). The average Bonchev–Trinajstić information content (AvgIpc) is 3.74. The summed E-state index contributed by atoms with van der Waals surface area (Å²) < 4.78 is 12.4. The number of ether oxygens (including phenoxy) is 2. The number of benzene rings is 4. The first kappa shape index (κ1) is 38.8. The zero-order chi connectivity index (χ0) is 40.3. The quantitative estimate of drug-likeness (QED) is 0.145. The average molecular weight is 790 g/mol. The van der Waals surface area contributed by atoms with Crippen molar-refractivity contribution in [1.29, 1.82) is 0 Å². The molecule has 4 aromatic rings. The lowest BCUT2D eigenvalue weighted by atomic mass is 9.65. The number of aliphatic hydroxyl groups is 1. The SMILES string of the molecule is O=C1O[C@H](c2ccccc2)[C@H](c2ccccc2)N2[C@H]1[C@@H](C(=O)N1CCCCCCC1)[C@]1(C(=O)Nc3ccc(C#CC4=CCCCC4)cc31)[C@H]2c1ccc(OCCO)cc1. The van der Waals surface area contributed by atoms with Gasteiger partial charge in [0.05, 0.1) is 24.6 Å². The normalized spacial score (nSPS) is 26.6. The molecule has 9 nitrogen and oxygen atoms in total. The van der Waals surface area contributed by atoms with Crippen LogP contribution in [-0.4, -0.2) is 65.0 Å². The number of aliphatic hydroxyl groups excluding tert-OH is 1. The van der Waals surface area contributed by atoms with E-state index in [4.69, 9.17) is 9.47 Å². The van der Waals surface area contributed by atoms with E-state index in [0.29, 0.717) is 30.1 Å². The van der Waals surface area contributed by atoms with Gasteiger partial charge in [0.2, 0.25) is 11.8 Å². The third kappa shape index (κ3) is 7.13. The zero-order valence-electron chi connectivity index (χ0n) is 33.4. The van der Waals surface area contributed by atoms with Gasteiger partial charge in [0, 0.05) is 24.3 Å². The summed E-state index contributed by atoms with van der Waals surface area (Å²) >= 11 is 0. The maximum absolute atomic E-state index is 15.8. The van der Waals surface area contributed by atoms with Gasteiger partial charge in [0.1, 0.15) is 29.9 Å². The number of anilines is 1. The first-order valence-electron chi connectivity index (χ1n) is 21.4. The summed E-state index contributed by atoms with van der Waals surface area (Å²) in [5, 5.41) is 12.7. The van der Waals surface area contributed by atoms with Crippen LogP contribution in [0.5, 0.6) is 5.75 Å². The Labute approximate surface area is 346 Å². The van der Waals surface area contributed by atoms with Gasteiger partial charge in [-0.2, -0.15) is 0 Å². The van der Waals surface area contributed by atoms with Gasteiger partial charge in [-0.1, -0.05) is 110 Å². The number of hydrogen-bond acceptors (Lipinski definition) is 7. The van der Waals surface area contributed by atoms with Crippen LogP contribution in [0.1, 0.15) is 104 Å². The number of esters is 1. The van der Waals surface area contributed by atoms with Crippen LogP contribution in [0.25, 0.3) is 0 Å². The Hall–Kier alpha value is -5.69. The Balaban J connectivity index is 1.31. The van der Waals surface area contributed by atoms with Crippen molar-refractivity contribution >= 4 is 23.5 Å². The van der Waals surface area contributed by atoms with Crippen molar-refractivity contribution in [3.05, 3.63) is 143 Å². The molecule has 3 saturated heterocycles. The maximum Gasteiger partial charge on any atom is 0.324 e. The Bertz CT molecular complexity index is 2270. The van der Waals surface area contributed by atoms with Gasteiger partial charge in [-0.25, -0.2) is 0 Å². The van der Waals surface area contributed by atoms with Crippen molar-refractivity contribution in [3.8, 4) is 17.6 Å². The highest BCUT2D eigenvalue weighted by Crippen LogP contribution is 2.65. The summed E-state index contributed by atoms with van der Waals surface area (Å²) in [6.45, 7) is 1.10. The highest BCUT2D eigenvalue weighted by Gasteiger charge is 2.74. The molecule has 3 fully saturated rings. The van der Waals surface area contributed by atoms with Crippen LogP contribution in [0.4, 0.5) is 5.69 Å². The highest BCUT2D eigenvalue weighted by atomic mass is 16.6. The summed E-state index contributed by atoms with van der Waals surface area (Å²) in [6.07, 6.45) is 10.6. The molecule has 1 aliphatic carbocycles. The van der Waals surface area contributed by atoms with Crippen LogP contribution in [0, 0.1) is 17.8 Å². The molecular formula is C50H51N3O6. The molecule has 0 saturated carbocycles. The first-order valence-corrected chi connectivity index (χ1v) is 21.4. The highest BCUT2D eigenvalue weighted by molar-refractivity contribution is 6.12. The van der Waals surface area contributed by atoms with Crippen LogP contribution in [0.2, 0.25) is 0 Å². The van der Waals surface area contributed by atoms with E-state index >= 15 is 14.4 Å². The number of rotatable bonds is 7. The summed E-state index contributed by atoms with van der Waals surface area (Å²) in [7, 11) is 0. The Morgan fingerprint density at radius 2 is 1.51 bits per heavy atom. The predicted octanol–water partition coefficient (Wildman–Crippen LogP) is 7.97. The first-order chi connectivity index (χ1) is 29.0. The molecule has 6 atom stereocenters. The minimum Gasteiger partial charge on any atom is -0.491 e. The summed E-state index contributed by atoms with van der Waals surface area (Å²) in [4.78, 5) is 50.6. The van der Waals surface area contributed by atoms with Crippen molar-refractivity contribution in [1.82, 2.24) is 9.80 Å². The third-order valence-electron chi connectivity index (χ3n) is 13.0. The molecule has 0 aromatic heterocycles. The summed E-state index contributed by atoms with van der Waals surface area (Å²) in [5.74, 6) is 5.19. The Kier molecular flexibility index (Phi) is 11.1. The van der Waals surface area contributed by atoms with Gasteiger partial charge < -0.3 is 24.8 Å². The number of carbonyl (C=O) groups is 3. The third-order valence-corrected chi connectivity index (χ3v) is 13.0. The minimum atomic E-state index is -1.56. The number of nitrogens with one attached hydrogen (secondary N) is 1. The van der Waals surface area contributed by atoms with Crippen molar-refractivity contribution < 1.29 is 29.0 Å². The van der Waals surface area contributed by atoms with Gasteiger partial charge in [-0.3, -0.25) is 19.3 Å². The van der Waals surface area contributed by atoms with Crippen LogP contribution in [0.3, 0.4) is 0 Å². The van der Waals surface area contributed by atoms with Crippen molar-refractivity contribution in [3.63, 3.8) is 0 Å². The molecule has 4 aliphatic heterocycles. The monoisotopic (exact) mass is 789 g/mol. The molecule has 5 aliphatic rings. The molecular weight excluding hydrogens is 739 g/mol. The minimum absolute atomic E-state index is 0.129. The van der Waals surface area contributed by atoms with Gasteiger partial charge >= 0.3 is 5.97 Å². The van der Waals surface area contributed by atoms with Crippen molar-refractivity contribution in [2.45, 2.75) is 87.4 Å². The fourth-order valence-corrected chi connectivity index (χ4v) is 10.3. The number of fused-ring (bicyclic) bond motifs is 3. The van der Waals surface area contributed by atoms with Crippen molar-refractivity contribution in [2.24, 2.45) is 5.92 Å². The predicted molar refractivity (Wildman–Crippen MR) is 225 cm³/mol. The number of amides is 2. The zero-order valence-corrected chi connectivity index (χ0v) is 33.4. The van der Waals surface area contributed by atoms with E-state index in [1.165, 1.54) is 0 Å². The number of carbonyl (C=O) groups excluding carboxylic acids is 3. The van der Waals surface area contributed by atoms with E-state index < -0.39 is 41.5 Å². The molecule has 0 radical (unpaired) electrons. The molecule has 59 heavy (non-hydrogen) atoms. The fourth-order valence-electron chi connectivity index (χ4n) is 10.3. The molecule has 2 N–H and O–H groups in total. The van der Waals surface area contributed by atoms with Gasteiger partial charge in [0.15, 0.2) is 0 Å². The molecule has 2 amide bonds. The summed E-state index contributed by atoms with van der Waals surface area (Å²) in [6, 6.07) is 30.6.